The van der Waals surface area contributed by atoms with Crippen LogP contribution in [0.25, 0.3) is 132 Å². The van der Waals surface area contributed by atoms with Gasteiger partial charge in [0.05, 0.1) is 66.9 Å². The van der Waals surface area contributed by atoms with Gasteiger partial charge in [-0.05, 0) is 105 Å². The Bertz CT molecular complexity index is 4960. The Morgan fingerprint density at radius 2 is 0.512 bits per heavy atom. The molecule has 11 aromatic carbocycles. The van der Waals surface area contributed by atoms with E-state index in [1.165, 1.54) is 44.5 Å². The van der Waals surface area contributed by atoms with Gasteiger partial charge in [0.2, 0.25) is 0 Å². The average molecular weight is 1020 g/mol. The van der Waals surface area contributed by atoms with Gasteiger partial charge in [0.15, 0.2) is 0 Å². The Morgan fingerprint density at radius 3 is 0.812 bits per heavy atom. The van der Waals surface area contributed by atoms with Crippen LogP contribution < -0.4 is 0 Å². The molecular weight excluding hydrogens is 973 g/mol. The number of para-hydroxylation sites is 6. The van der Waals surface area contributed by atoms with E-state index in [2.05, 4.69) is 276 Å². The van der Waals surface area contributed by atoms with Crippen molar-refractivity contribution in [3.63, 3.8) is 0 Å². The van der Waals surface area contributed by atoms with E-state index >= 15 is 0 Å². The lowest BCUT2D eigenvalue weighted by atomic mass is 9.82. The summed E-state index contributed by atoms with van der Waals surface area (Å²) in [5, 5.41) is 34.3. The van der Waals surface area contributed by atoms with Gasteiger partial charge in [-0.15, -0.1) is 0 Å². The molecule has 0 aliphatic heterocycles. The third kappa shape index (κ3) is 5.49. The van der Waals surface area contributed by atoms with E-state index in [1.807, 2.05) is 0 Å². The maximum atomic E-state index is 12.9. The second-order valence-electron chi connectivity index (χ2n) is 23.0. The Hall–Kier alpha value is -10.4. The summed E-state index contributed by atoms with van der Waals surface area (Å²) < 4.78 is 9.23. The maximum absolute atomic E-state index is 12.9. The first kappa shape index (κ1) is 44.7. The summed E-state index contributed by atoms with van der Waals surface area (Å²) in [5.41, 5.74) is 20.2. The zero-order valence-corrected chi connectivity index (χ0v) is 44.5. The molecule has 80 heavy (non-hydrogen) atoms. The summed E-state index contributed by atoms with van der Waals surface area (Å²) in [4.78, 5) is 0. The molecule has 0 unspecified atom stereocenters. The molecule has 0 N–H and O–H groups in total. The predicted octanol–water partition coefficient (Wildman–Crippen LogP) is 18.4. The van der Waals surface area contributed by atoms with Crippen molar-refractivity contribution in [1.82, 2.24) is 18.3 Å². The van der Waals surface area contributed by atoms with Crippen LogP contribution >= 0.6 is 0 Å². The van der Waals surface area contributed by atoms with E-state index in [9.17, 15) is 10.5 Å². The third-order valence-corrected chi connectivity index (χ3v) is 18.4. The minimum absolute atomic E-state index is 0.255. The second-order valence-corrected chi connectivity index (χ2v) is 23.0. The summed E-state index contributed by atoms with van der Waals surface area (Å²) in [5.74, 6) is 0. The molecule has 0 saturated carbocycles. The first-order valence-electron chi connectivity index (χ1n) is 27.6. The lowest BCUT2D eigenvalue weighted by molar-refractivity contribution is 0.661. The molecule has 374 valence electrons. The van der Waals surface area contributed by atoms with Crippen LogP contribution in [0.15, 0.2) is 218 Å². The lowest BCUT2D eigenvalue weighted by Gasteiger charge is -2.27. The molecular formula is C74H48N6. The van der Waals surface area contributed by atoms with E-state index in [0.717, 1.165) is 87.2 Å². The summed E-state index contributed by atoms with van der Waals surface area (Å²) in [6.07, 6.45) is 0. The van der Waals surface area contributed by atoms with E-state index in [4.69, 9.17) is 0 Å². The van der Waals surface area contributed by atoms with Gasteiger partial charge in [0.1, 0.15) is 23.3 Å². The summed E-state index contributed by atoms with van der Waals surface area (Å²) in [6.45, 7) is 9.31. The Morgan fingerprint density at radius 1 is 0.263 bits per heavy atom. The zero-order chi connectivity index (χ0) is 53.5. The van der Waals surface area contributed by atoms with Crippen LogP contribution in [-0.4, -0.2) is 18.3 Å². The lowest BCUT2D eigenvalue weighted by Crippen LogP contribution is -2.17. The van der Waals surface area contributed by atoms with Crippen LogP contribution in [-0.2, 0) is 10.8 Å². The van der Waals surface area contributed by atoms with Crippen molar-refractivity contribution in [3.8, 4) is 57.1 Å². The number of benzene rings is 11. The van der Waals surface area contributed by atoms with Crippen molar-refractivity contribution >= 4 is 87.2 Å². The molecule has 6 nitrogen and oxygen atoms in total. The number of rotatable bonds is 4. The quantitative estimate of drug-likeness (QED) is 0.176. The number of aromatic nitrogens is 4. The van der Waals surface area contributed by atoms with Gasteiger partial charge in [0.25, 0.3) is 0 Å². The molecule has 0 spiro atoms. The molecule has 0 bridgehead atoms. The predicted molar refractivity (Wildman–Crippen MR) is 328 cm³/mol. The van der Waals surface area contributed by atoms with E-state index in [0.29, 0.717) is 33.9 Å². The van der Waals surface area contributed by atoms with Crippen molar-refractivity contribution < 1.29 is 0 Å². The van der Waals surface area contributed by atoms with E-state index in [1.54, 1.807) is 0 Å². The van der Waals surface area contributed by atoms with Gasteiger partial charge in [-0.2, -0.15) is 10.5 Å². The highest BCUT2D eigenvalue weighted by atomic mass is 15.1. The van der Waals surface area contributed by atoms with Gasteiger partial charge in [-0.25, -0.2) is 0 Å². The fourth-order valence-electron chi connectivity index (χ4n) is 14.9. The first-order valence-corrected chi connectivity index (χ1v) is 27.6. The van der Waals surface area contributed by atoms with E-state index in [-0.39, 0.29) is 10.8 Å². The summed E-state index contributed by atoms with van der Waals surface area (Å²) in [7, 11) is 0. The fourth-order valence-corrected chi connectivity index (χ4v) is 14.9. The molecule has 0 radical (unpaired) electrons. The van der Waals surface area contributed by atoms with Crippen LogP contribution in [0.3, 0.4) is 0 Å². The zero-order valence-electron chi connectivity index (χ0n) is 44.5. The monoisotopic (exact) mass is 1020 g/mol. The summed E-state index contributed by atoms with van der Waals surface area (Å²) in [6, 6.07) is 84.4. The highest BCUT2D eigenvalue weighted by molar-refractivity contribution is 6.17. The highest BCUT2D eigenvalue weighted by Crippen LogP contribution is 2.55. The number of hydrogen-bond acceptors (Lipinski definition) is 2. The van der Waals surface area contributed by atoms with Gasteiger partial charge in [0, 0.05) is 53.9 Å². The standard InChI is InChI=1S/C74H48N6/c1-73(2)57-29-13-5-21-43(57)51-39-67-53(37-59(51)73)49-27-11-19-35-65(49)79(67)71-55(41-75)70(78-63-33-17-9-25-47(63)48-26-10-18-34-64(48)78)72(56(42-76)69(71)77-61-31-15-7-23-45(61)46-24-8-16-32-62(46)77)80-66-36-20-12-28-50(66)54-38-60-52(40-68(54)80)44-22-6-14-30-58(44)74(60,3)4/h5-40H,1-4H3. The first-order chi connectivity index (χ1) is 39.2. The van der Waals surface area contributed by atoms with Crippen molar-refractivity contribution in [2.75, 3.05) is 0 Å². The molecule has 15 aromatic rings. The van der Waals surface area contributed by atoms with Crippen LogP contribution in [0.1, 0.15) is 61.1 Å². The Labute approximate surface area is 461 Å². The topological polar surface area (TPSA) is 67.3 Å². The highest BCUT2D eigenvalue weighted by Gasteiger charge is 2.40. The Kier molecular flexibility index (Phi) is 8.74. The molecule has 6 heteroatoms. The van der Waals surface area contributed by atoms with Gasteiger partial charge < -0.3 is 18.3 Å². The molecule has 0 amide bonds. The van der Waals surface area contributed by atoms with Crippen molar-refractivity contribution in [2.45, 2.75) is 38.5 Å². The molecule has 4 aromatic heterocycles. The minimum Gasteiger partial charge on any atom is -0.306 e. The van der Waals surface area contributed by atoms with Crippen LogP contribution in [0, 0.1) is 22.7 Å². The minimum atomic E-state index is -0.255. The second kappa shape index (κ2) is 15.6. The SMILES string of the molecule is CC1(C)c2ccccc2-c2cc3c(cc21)c1ccccc1n3-c1c(C#N)c(-n2c3ccccc3c3ccccc32)c(-n2c3ccccc3c3cc4c(cc32)-c2ccccc2C4(C)C)c(C#N)c1-n1c2ccccc2c2ccccc21. The maximum Gasteiger partial charge on any atom is 0.104 e. The van der Waals surface area contributed by atoms with Gasteiger partial charge >= 0.3 is 0 Å². The molecule has 2 aliphatic carbocycles. The van der Waals surface area contributed by atoms with Crippen LogP contribution in [0.5, 0.6) is 0 Å². The van der Waals surface area contributed by atoms with Crippen molar-refractivity contribution in [3.05, 3.63) is 252 Å². The third-order valence-electron chi connectivity index (χ3n) is 18.4. The average Bonchev–Trinajstić information content (AvgIpc) is 4.47. The molecule has 4 heterocycles. The molecule has 0 atom stereocenters. The largest absolute Gasteiger partial charge is 0.306 e. The molecule has 0 fully saturated rings. The Balaban J connectivity index is 1.16. The number of nitriles is 2. The number of hydrogen-bond donors (Lipinski definition) is 0. The van der Waals surface area contributed by atoms with Gasteiger partial charge in [-0.1, -0.05) is 185 Å². The number of fused-ring (bicyclic) bond motifs is 18. The van der Waals surface area contributed by atoms with Crippen LogP contribution in [0.2, 0.25) is 0 Å². The smallest absolute Gasteiger partial charge is 0.104 e. The summed E-state index contributed by atoms with van der Waals surface area (Å²) >= 11 is 0. The fraction of sp³-hybridized carbons (Fsp3) is 0.0811. The normalized spacial score (nSPS) is 13.9. The molecule has 17 rings (SSSR count). The van der Waals surface area contributed by atoms with E-state index < -0.39 is 0 Å². The number of nitrogens with zero attached hydrogens (tertiary/aromatic N) is 6. The molecule has 2 aliphatic rings. The van der Waals surface area contributed by atoms with Crippen molar-refractivity contribution in [1.29, 1.82) is 10.5 Å². The van der Waals surface area contributed by atoms with Gasteiger partial charge in [-0.3, -0.25) is 0 Å². The van der Waals surface area contributed by atoms with Crippen molar-refractivity contribution in [2.24, 2.45) is 0 Å². The van der Waals surface area contributed by atoms with Crippen LogP contribution in [0.4, 0.5) is 0 Å². The molecule has 0 saturated heterocycles.